The minimum Gasteiger partial charge on any atom is -0.378 e. The van der Waals surface area contributed by atoms with Gasteiger partial charge < -0.3 is 4.74 Å². The lowest BCUT2D eigenvalue weighted by molar-refractivity contribution is 0.117. The second-order valence-corrected chi connectivity index (χ2v) is 4.22. The van der Waals surface area contributed by atoms with Crippen molar-refractivity contribution in [1.82, 2.24) is 5.43 Å². The van der Waals surface area contributed by atoms with Crippen molar-refractivity contribution in [3.05, 3.63) is 12.2 Å². The van der Waals surface area contributed by atoms with Crippen molar-refractivity contribution in [3.8, 4) is 0 Å². The summed E-state index contributed by atoms with van der Waals surface area (Å²) in [6.07, 6.45) is 3.48. The fourth-order valence-corrected chi connectivity index (χ4v) is 1.95. The SMILES string of the molecule is C=C(CC)CC(NN)C1COC(C)C1. The Balaban J connectivity index is 2.41. The summed E-state index contributed by atoms with van der Waals surface area (Å²) in [5.41, 5.74) is 4.15. The lowest BCUT2D eigenvalue weighted by Crippen LogP contribution is -2.41. The zero-order chi connectivity index (χ0) is 10.6. The molecule has 0 amide bonds. The first-order valence-corrected chi connectivity index (χ1v) is 5.41. The topological polar surface area (TPSA) is 47.3 Å². The molecule has 0 radical (unpaired) electrons. The number of ether oxygens (including phenoxy) is 1. The molecule has 1 fully saturated rings. The molecule has 3 unspecified atom stereocenters. The van der Waals surface area contributed by atoms with Gasteiger partial charge >= 0.3 is 0 Å². The van der Waals surface area contributed by atoms with E-state index in [1.54, 1.807) is 0 Å². The Labute approximate surface area is 86.7 Å². The van der Waals surface area contributed by atoms with Crippen LogP contribution in [0.1, 0.15) is 33.1 Å². The number of nitrogens with two attached hydrogens (primary N) is 1. The molecule has 0 saturated carbocycles. The molecule has 0 bridgehead atoms. The fourth-order valence-electron chi connectivity index (χ4n) is 1.95. The van der Waals surface area contributed by atoms with Crippen LogP contribution in [-0.2, 0) is 4.74 Å². The van der Waals surface area contributed by atoms with Gasteiger partial charge in [-0.3, -0.25) is 11.3 Å². The van der Waals surface area contributed by atoms with Crippen LogP contribution in [0.4, 0.5) is 0 Å². The van der Waals surface area contributed by atoms with Gasteiger partial charge in [0.25, 0.3) is 0 Å². The zero-order valence-electron chi connectivity index (χ0n) is 9.25. The van der Waals surface area contributed by atoms with E-state index in [0.29, 0.717) is 18.1 Å². The van der Waals surface area contributed by atoms with Gasteiger partial charge in [-0.1, -0.05) is 19.1 Å². The minimum atomic E-state index is 0.326. The highest BCUT2D eigenvalue weighted by molar-refractivity contribution is 4.98. The summed E-state index contributed by atoms with van der Waals surface area (Å²) in [7, 11) is 0. The second kappa shape index (κ2) is 5.49. The Morgan fingerprint density at radius 1 is 1.71 bits per heavy atom. The van der Waals surface area contributed by atoms with Crippen molar-refractivity contribution < 1.29 is 4.74 Å². The van der Waals surface area contributed by atoms with E-state index in [4.69, 9.17) is 10.6 Å². The Morgan fingerprint density at radius 3 is 2.86 bits per heavy atom. The smallest absolute Gasteiger partial charge is 0.0551 e. The van der Waals surface area contributed by atoms with Crippen LogP contribution in [0.5, 0.6) is 0 Å². The minimum absolute atomic E-state index is 0.326. The maximum absolute atomic E-state index is 5.55. The van der Waals surface area contributed by atoms with Gasteiger partial charge in [0.15, 0.2) is 0 Å². The van der Waals surface area contributed by atoms with E-state index in [1.807, 2.05) is 0 Å². The molecule has 14 heavy (non-hydrogen) atoms. The quantitative estimate of drug-likeness (QED) is 0.401. The van der Waals surface area contributed by atoms with Crippen molar-refractivity contribution in [2.45, 2.75) is 45.3 Å². The summed E-state index contributed by atoms with van der Waals surface area (Å²) in [5, 5.41) is 0. The van der Waals surface area contributed by atoms with Gasteiger partial charge in [-0.05, 0) is 26.2 Å². The van der Waals surface area contributed by atoms with Gasteiger partial charge in [0.05, 0.1) is 12.7 Å². The third-order valence-electron chi connectivity index (χ3n) is 3.02. The molecule has 3 heteroatoms. The van der Waals surface area contributed by atoms with E-state index in [-0.39, 0.29) is 0 Å². The lowest BCUT2D eigenvalue weighted by atomic mass is 9.92. The molecule has 1 heterocycles. The molecule has 0 aromatic heterocycles. The molecular formula is C11H22N2O. The predicted octanol–water partition coefficient (Wildman–Crippen LogP) is 1.60. The van der Waals surface area contributed by atoms with Gasteiger partial charge in [-0.2, -0.15) is 0 Å². The predicted molar refractivity (Wildman–Crippen MR) is 58.7 cm³/mol. The number of hydrazine groups is 1. The number of hydrogen-bond donors (Lipinski definition) is 2. The Morgan fingerprint density at radius 2 is 2.43 bits per heavy atom. The highest BCUT2D eigenvalue weighted by Crippen LogP contribution is 2.25. The third-order valence-corrected chi connectivity index (χ3v) is 3.02. The molecule has 1 saturated heterocycles. The lowest BCUT2D eigenvalue weighted by Gasteiger charge is -2.22. The summed E-state index contributed by atoms with van der Waals surface area (Å²) in [6, 6.07) is 0.326. The average molecular weight is 198 g/mol. The number of hydrogen-bond acceptors (Lipinski definition) is 3. The first kappa shape index (κ1) is 11.7. The van der Waals surface area contributed by atoms with Crippen LogP contribution in [-0.4, -0.2) is 18.8 Å². The highest BCUT2D eigenvalue weighted by atomic mass is 16.5. The molecule has 1 aliphatic rings. The maximum atomic E-state index is 5.55. The van der Waals surface area contributed by atoms with E-state index >= 15 is 0 Å². The van der Waals surface area contributed by atoms with Crippen molar-refractivity contribution >= 4 is 0 Å². The molecule has 0 aliphatic carbocycles. The van der Waals surface area contributed by atoms with Crippen LogP contribution >= 0.6 is 0 Å². The molecule has 1 rings (SSSR count). The summed E-state index contributed by atoms with van der Waals surface area (Å²) in [4.78, 5) is 0. The summed E-state index contributed by atoms with van der Waals surface area (Å²) >= 11 is 0. The zero-order valence-corrected chi connectivity index (χ0v) is 9.25. The molecule has 82 valence electrons. The summed E-state index contributed by atoms with van der Waals surface area (Å²) in [6.45, 7) is 9.08. The summed E-state index contributed by atoms with van der Waals surface area (Å²) < 4.78 is 5.54. The van der Waals surface area contributed by atoms with Gasteiger partial charge in [0.2, 0.25) is 0 Å². The maximum Gasteiger partial charge on any atom is 0.0551 e. The fraction of sp³-hybridized carbons (Fsp3) is 0.818. The van der Waals surface area contributed by atoms with Crippen LogP contribution in [0.3, 0.4) is 0 Å². The molecule has 0 spiro atoms. The van der Waals surface area contributed by atoms with Crippen molar-refractivity contribution in [2.24, 2.45) is 11.8 Å². The van der Waals surface area contributed by atoms with E-state index in [9.17, 15) is 0 Å². The monoisotopic (exact) mass is 198 g/mol. The van der Waals surface area contributed by atoms with Crippen molar-refractivity contribution in [2.75, 3.05) is 6.61 Å². The molecule has 0 aromatic carbocycles. The molecular weight excluding hydrogens is 176 g/mol. The van der Waals surface area contributed by atoms with Crippen LogP contribution in [0.25, 0.3) is 0 Å². The summed E-state index contributed by atoms with van der Waals surface area (Å²) in [5.74, 6) is 6.09. The second-order valence-electron chi connectivity index (χ2n) is 4.22. The van der Waals surface area contributed by atoms with E-state index in [1.165, 1.54) is 5.57 Å². The molecule has 3 nitrogen and oxygen atoms in total. The Hall–Kier alpha value is -0.380. The van der Waals surface area contributed by atoms with Crippen LogP contribution in [0.2, 0.25) is 0 Å². The van der Waals surface area contributed by atoms with E-state index < -0.39 is 0 Å². The molecule has 3 atom stereocenters. The van der Waals surface area contributed by atoms with E-state index in [0.717, 1.165) is 25.9 Å². The first-order chi connectivity index (χ1) is 6.67. The molecule has 1 aliphatic heterocycles. The van der Waals surface area contributed by atoms with Crippen LogP contribution in [0.15, 0.2) is 12.2 Å². The Bertz CT molecular complexity index is 194. The number of rotatable bonds is 5. The van der Waals surface area contributed by atoms with Gasteiger partial charge in [0.1, 0.15) is 0 Å². The normalized spacial score (nSPS) is 29.1. The van der Waals surface area contributed by atoms with Gasteiger partial charge in [-0.25, -0.2) is 0 Å². The average Bonchev–Trinajstić information content (AvgIpc) is 2.60. The van der Waals surface area contributed by atoms with Gasteiger partial charge in [-0.15, -0.1) is 0 Å². The Kier molecular flexibility index (Phi) is 4.58. The van der Waals surface area contributed by atoms with Crippen LogP contribution in [0, 0.1) is 5.92 Å². The standard InChI is InChI=1S/C11H22N2O/c1-4-8(2)5-11(13-12)10-6-9(3)14-7-10/h9-11,13H,2,4-7,12H2,1,3H3. The van der Waals surface area contributed by atoms with Crippen molar-refractivity contribution in [3.63, 3.8) is 0 Å². The molecule has 0 aromatic rings. The van der Waals surface area contributed by atoms with Crippen LogP contribution < -0.4 is 11.3 Å². The first-order valence-electron chi connectivity index (χ1n) is 5.41. The molecule has 3 N–H and O–H groups in total. The third kappa shape index (κ3) is 3.08. The highest BCUT2D eigenvalue weighted by Gasteiger charge is 2.28. The largest absolute Gasteiger partial charge is 0.378 e. The van der Waals surface area contributed by atoms with Gasteiger partial charge in [0, 0.05) is 12.0 Å². The van der Waals surface area contributed by atoms with Crippen molar-refractivity contribution in [1.29, 1.82) is 0 Å². The number of nitrogens with one attached hydrogen (secondary N) is 1. The van der Waals surface area contributed by atoms with E-state index in [2.05, 4.69) is 25.9 Å².